The molecule has 0 spiro atoms. The van der Waals surface area contributed by atoms with Gasteiger partial charge in [0.05, 0.1) is 11.6 Å². The summed E-state index contributed by atoms with van der Waals surface area (Å²) >= 11 is 0. The zero-order chi connectivity index (χ0) is 27.1. The highest BCUT2D eigenvalue weighted by Crippen LogP contribution is 2.39. The van der Waals surface area contributed by atoms with E-state index in [1.807, 2.05) is 34.9 Å². The summed E-state index contributed by atoms with van der Waals surface area (Å²) < 4.78 is 18.0. The topological polar surface area (TPSA) is 74.1 Å². The van der Waals surface area contributed by atoms with E-state index < -0.39 is 0 Å². The van der Waals surface area contributed by atoms with Crippen LogP contribution in [0.5, 0.6) is 0 Å². The second-order valence-electron chi connectivity index (χ2n) is 11.6. The van der Waals surface area contributed by atoms with Crippen LogP contribution in [0, 0.1) is 24.1 Å². The first-order valence-electron chi connectivity index (χ1n) is 14.4. The Labute approximate surface area is 233 Å². The SMILES string of the molecule is CC1CCC([C@H](Nc2nccc3nccn23)c2nc3c(F)c(C4[CH]CN(Cc5ccccc5)C4)ccc3[nH]2)CC1. The van der Waals surface area contributed by atoms with E-state index in [4.69, 9.17) is 4.98 Å². The van der Waals surface area contributed by atoms with Crippen LogP contribution in [0.1, 0.15) is 61.5 Å². The van der Waals surface area contributed by atoms with Crippen molar-refractivity contribution in [3.63, 3.8) is 0 Å². The molecule has 7 nitrogen and oxygen atoms in total. The molecule has 7 rings (SSSR count). The van der Waals surface area contributed by atoms with E-state index in [1.165, 1.54) is 18.4 Å². The van der Waals surface area contributed by atoms with Crippen LogP contribution in [0.25, 0.3) is 16.7 Å². The molecule has 1 aliphatic carbocycles. The van der Waals surface area contributed by atoms with Gasteiger partial charge in [0.1, 0.15) is 17.0 Å². The molecule has 40 heavy (non-hydrogen) atoms. The van der Waals surface area contributed by atoms with Crippen molar-refractivity contribution in [2.75, 3.05) is 18.4 Å². The van der Waals surface area contributed by atoms with Crippen molar-refractivity contribution in [1.82, 2.24) is 29.2 Å². The first-order chi connectivity index (χ1) is 19.6. The van der Waals surface area contributed by atoms with E-state index in [0.29, 0.717) is 11.4 Å². The molecule has 0 bridgehead atoms. The number of anilines is 1. The maximum atomic E-state index is 16.1. The molecule has 5 aromatic rings. The Kier molecular flexibility index (Phi) is 6.71. The largest absolute Gasteiger partial charge is 0.345 e. The highest BCUT2D eigenvalue weighted by molar-refractivity contribution is 5.77. The fraction of sp³-hybridized carbons (Fsp3) is 0.375. The zero-order valence-electron chi connectivity index (χ0n) is 22.8. The lowest BCUT2D eigenvalue weighted by molar-refractivity contribution is 0.260. The molecule has 2 atom stereocenters. The lowest BCUT2D eigenvalue weighted by Crippen LogP contribution is -2.27. The van der Waals surface area contributed by atoms with Crippen LogP contribution in [-0.4, -0.2) is 42.3 Å². The minimum Gasteiger partial charge on any atom is -0.345 e. The predicted octanol–water partition coefficient (Wildman–Crippen LogP) is 6.53. The second-order valence-corrected chi connectivity index (χ2v) is 11.6. The molecule has 8 heteroatoms. The number of hydrogen-bond acceptors (Lipinski definition) is 5. The number of fused-ring (bicyclic) bond motifs is 2. The number of aromatic nitrogens is 5. The summed E-state index contributed by atoms with van der Waals surface area (Å²) in [6, 6.07) is 16.2. The zero-order valence-corrected chi connectivity index (χ0v) is 22.8. The van der Waals surface area contributed by atoms with Crippen LogP contribution in [0.4, 0.5) is 10.3 Å². The molecule has 205 valence electrons. The van der Waals surface area contributed by atoms with E-state index in [-0.39, 0.29) is 17.8 Å². The Morgan fingerprint density at radius 3 is 2.73 bits per heavy atom. The maximum absolute atomic E-state index is 16.1. The second kappa shape index (κ2) is 10.7. The number of halogens is 1. The molecule has 1 radical (unpaired) electrons. The number of nitrogens with one attached hydrogen (secondary N) is 2. The summed E-state index contributed by atoms with van der Waals surface area (Å²) in [7, 11) is 0. The van der Waals surface area contributed by atoms with E-state index in [0.717, 1.165) is 66.9 Å². The number of benzene rings is 2. The Morgan fingerprint density at radius 2 is 1.88 bits per heavy atom. The monoisotopic (exact) mass is 536 g/mol. The van der Waals surface area contributed by atoms with Crippen molar-refractivity contribution in [2.45, 2.75) is 51.1 Å². The van der Waals surface area contributed by atoms with Gasteiger partial charge in [-0.2, -0.15) is 0 Å². The van der Waals surface area contributed by atoms with Crippen LogP contribution in [-0.2, 0) is 6.54 Å². The summed E-state index contributed by atoms with van der Waals surface area (Å²) in [5.74, 6) is 2.42. The van der Waals surface area contributed by atoms with Gasteiger partial charge in [0.2, 0.25) is 5.95 Å². The van der Waals surface area contributed by atoms with Crippen molar-refractivity contribution in [1.29, 1.82) is 0 Å². The summed E-state index contributed by atoms with van der Waals surface area (Å²) in [6.07, 6.45) is 12.2. The van der Waals surface area contributed by atoms with Gasteiger partial charge >= 0.3 is 0 Å². The number of imidazole rings is 2. The van der Waals surface area contributed by atoms with Crippen LogP contribution < -0.4 is 5.32 Å². The molecule has 1 aliphatic heterocycles. The molecule has 4 heterocycles. The fourth-order valence-corrected chi connectivity index (χ4v) is 6.54. The lowest BCUT2D eigenvalue weighted by atomic mass is 9.79. The quantitative estimate of drug-likeness (QED) is 0.247. The Hall–Kier alpha value is -3.78. The Morgan fingerprint density at radius 1 is 1.02 bits per heavy atom. The number of H-pyrrole nitrogens is 1. The number of rotatable bonds is 7. The molecular formula is C32H35FN7. The molecular weight excluding hydrogens is 501 g/mol. The summed E-state index contributed by atoms with van der Waals surface area (Å²) in [6.45, 7) is 4.85. The fourth-order valence-electron chi connectivity index (χ4n) is 6.54. The van der Waals surface area contributed by atoms with Gasteiger partial charge in [0.15, 0.2) is 5.82 Å². The van der Waals surface area contributed by atoms with Crippen LogP contribution >= 0.6 is 0 Å². The minimum atomic E-state index is -0.214. The first kappa shape index (κ1) is 25.2. The molecule has 2 fully saturated rings. The number of nitrogens with zero attached hydrogens (tertiary/aromatic N) is 5. The standard InChI is InChI=1S/C32H35FN7/c1-21-7-9-23(10-8-21)29(38-32-35-15-13-27-34-16-18-40(27)32)31-36-26-12-11-25(28(33)30(26)37-31)24-14-17-39(20-24)19-22-5-3-2-4-6-22/h2-6,11-16,18,21,23-24,29H,7-10,17,19-20H2,1H3,(H,35,38)(H,36,37)/t21?,23?,24?,29-/m0/s1. The molecule has 1 saturated heterocycles. The lowest BCUT2D eigenvalue weighted by Gasteiger charge is -2.32. The van der Waals surface area contributed by atoms with Gasteiger partial charge in [-0.1, -0.05) is 56.2 Å². The third-order valence-corrected chi connectivity index (χ3v) is 8.82. The van der Waals surface area contributed by atoms with E-state index >= 15 is 4.39 Å². The highest BCUT2D eigenvalue weighted by Gasteiger charge is 2.32. The van der Waals surface area contributed by atoms with Gasteiger partial charge in [0.25, 0.3) is 0 Å². The van der Waals surface area contributed by atoms with Gasteiger partial charge in [-0.3, -0.25) is 9.30 Å². The number of likely N-dealkylation sites (tertiary alicyclic amines) is 1. The smallest absolute Gasteiger partial charge is 0.209 e. The summed E-state index contributed by atoms with van der Waals surface area (Å²) in [5.41, 5.74) is 4.00. The van der Waals surface area contributed by atoms with E-state index in [2.05, 4.69) is 62.8 Å². The average molecular weight is 537 g/mol. The number of aromatic amines is 1. The van der Waals surface area contributed by atoms with Crippen molar-refractivity contribution >= 4 is 22.6 Å². The normalized spacial score (nSPS) is 22.7. The van der Waals surface area contributed by atoms with E-state index in [1.54, 1.807) is 12.4 Å². The van der Waals surface area contributed by atoms with Gasteiger partial charge < -0.3 is 10.3 Å². The number of hydrogen-bond donors (Lipinski definition) is 2. The maximum Gasteiger partial charge on any atom is 0.209 e. The van der Waals surface area contributed by atoms with Gasteiger partial charge in [-0.05, 0) is 54.4 Å². The third kappa shape index (κ3) is 4.85. The third-order valence-electron chi connectivity index (χ3n) is 8.82. The molecule has 3 aromatic heterocycles. The molecule has 1 unspecified atom stereocenters. The molecule has 2 aromatic carbocycles. The Bertz CT molecular complexity index is 1600. The van der Waals surface area contributed by atoms with Crippen molar-refractivity contribution in [3.8, 4) is 0 Å². The van der Waals surface area contributed by atoms with Crippen molar-refractivity contribution in [2.24, 2.45) is 11.8 Å². The summed E-state index contributed by atoms with van der Waals surface area (Å²) in [4.78, 5) is 19.8. The minimum absolute atomic E-state index is 0.0464. The molecule has 0 amide bonds. The van der Waals surface area contributed by atoms with Gasteiger partial charge in [-0.15, -0.1) is 0 Å². The Balaban J connectivity index is 1.18. The molecule has 1 saturated carbocycles. The predicted molar refractivity (Wildman–Crippen MR) is 155 cm³/mol. The molecule has 2 aliphatic rings. The van der Waals surface area contributed by atoms with Crippen molar-refractivity contribution in [3.05, 3.63) is 96.3 Å². The van der Waals surface area contributed by atoms with Crippen LogP contribution in [0.15, 0.2) is 67.1 Å². The van der Waals surface area contributed by atoms with Gasteiger partial charge in [0, 0.05) is 44.1 Å². The average Bonchev–Trinajstić information content (AvgIpc) is 3.74. The highest BCUT2D eigenvalue weighted by atomic mass is 19.1. The van der Waals surface area contributed by atoms with E-state index in [9.17, 15) is 0 Å². The van der Waals surface area contributed by atoms with Crippen LogP contribution in [0.2, 0.25) is 0 Å². The van der Waals surface area contributed by atoms with Crippen LogP contribution in [0.3, 0.4) is 0 Å². The van der Waals surface area contributed by atoms with Gasteiger partial charge in [-0.25, -0.2) is 19.3 Å². The molecule has 2 N–H and O–H groups in total. The first-order valence-corrected chi connectivity index (χ1v) is 14.4. The summed E-state index contributed by atoms with van der Waals surface area (Å²) in [5, 5.41) is 3.67. The van der Waals surface area contributed by atoms with Crippen molar-refractivity contribution < 1.29 is 4.39 Å².